The summed E-state index contributed by atoms with van der Waals surface area (Å²) in [5.41, 5.74) is 19.1. The SMILES string of the molecule is CC(C)C(=O)Nc1cccc(C(=O)OCc2ccccc2)c1.CC(C)C(=O)O.CCCC(=O)Nc1cccc(C(=O)OCc2ccccc2)c1.CCCC(=O)O.Nc1cccc(C(=O)OCc2ccccc2)c1.Nc1cccc(C(=O)OCc2ccccc2)c1. The fourth-order valence-electron chi connectivity index (χ4n) is 6.96. The fourth-order valence-corrected chi connectivity index (χ4v) is 6.96. The number of hydrogen-bond acceptors (Lipinski definition) is 14. The van der Waals surface area contributed by atoms with Crippen LogP contribution in [0.5, 0.6) is 0 Å². The molecule has 0 aliphatic heterocycles. The van der Waals surface area contributed by atoms with E-state index in [9.17, 15) is 38.4 Å². The Kier molecular flexibility index (Phi) is 34.3. The van der Waals surface area contributed by atoms with Gasteiger partial charge in [0, 0.05) is 41.5 Å². The maximum atomic E-state index is 12.1. The van der Waals surface area contributed by atoms with E-state index in [1.807, 2.05) is 149 Å². The van der Waals surface area contributed by atoms with E-state index < -0.39 is 23.9 Å². The summed E-state index contributed by atoms with van der Waals surface area (Å²) in [7, 11) is 0. The number of carboxylic acid groups (broad SMARTS) is 2. The van der Waals surface area contributed by atoms with Crippen LogP contribution in [-0.4, -0.2) is 57.8 Å². The Bertz CT molecular complexity index is 3380. The molecule has 0 bridgehead atoms. The normalized spacial score (nSPS) is 9.87. The number of carbonyl (C=O) groups is 8. The van der Waals surface area contributed by atoms with Gasteiger partial charge in [0.05, 0.1) is 28.2 Å². The molecule has 8 N–H and O–H groups in total. The van der Waals surface area contributed by atoms with Crippen LogP contribution in [0.15, 0.2) is 218 Å². The Hall–Kier alpha value is -10.9. The number of carbonyl (C=O) groups excluding carboxylic acids is 6. The number of nitrogen functional groups attached to an aromatic ring is 2. The molecule has 8 aromatic rings. The van der Waals surface area contributed by atoms with Crippen molar-refractivity contribution < 1.29 is 67.5 Å². The second-order valence-electron chi connectivity index (χ2n) is 20.2. The van der Waals surface area contributed by atoms with Crippen molar-refractivity contribution in [1.82, 2.24) is 0 Å². The lowest BCUT2D eigenvalue weighted by Gasteiger charge is -2.09. The molecule has 0 aliphatic rings. The molecule has 8 rings (SSSR count). The summed E-state index contributed by atoms with van der Waals surface area (Å²) < 4.78 is 20.9. The Morgan fingerprint density at radius 1 is 0.378 bits per heavy atom. The average Bonchev–Trinajstić information content (AvgIpc) is 3.74. The van der Waals surface area contributed by atoms with Crippen LogP contribution in [0.4, 0.5) is 22.7 Å². The number of nitrogens with one attached hydrogen (secondary N) is 2. The average molecular weight is 1230 g/mol. The van der Waals surface area contributed by atoms with Crippen LogP contribution in [0.3, 0.4) is 0 Å². The van der Waals surface area contributed by atoms with Crippen molar-refractivity contribution in [2.24, 2.45) is 11.8 Å². The zero-order chi connectivity index (χ0) is 66.1. The second kappa shape index (κ2) is 42.0. The first kappa shape index (κ1) is 73.4. The zero-order valence-electron chi connectivity index (χ0n) is 51.5. The van der Waals surface area contributed by atoms with Gasteiger partial charge < -0.3 is 51.3 Å². The van der Waals surface area contributed by atoms with Gasteiger partial charge in [-0.3, -0.25) is 19.2 Å². The smallest absolute Gasteiger partial charge is 0.338 e. The van der Waals surface area contributed by atoms with Crippen LogP contribution in [-0.2, 0) is 64.6 Å². The number of hydrogen-bond donors (Lipinski definition) is 6. The monoisotopic (exact) mass is 1220 g/mol. The lowest BCUT2D eigenvalue weighted by atomic mass is 10.1. The maximum absolute atomic E-state index is 12.1. The number of benzene rings is 8. The number of rotatable bonds is 20. The van der Waals surface area contributed by atoms with E-state index in [0.717, 1.165) is 35.1 Å². The number of ether oxygens (including phenoxy) is 4. The van der Waals surface area contributed by atoms with Gasteiger partial charge in [-0.25, -0.2) is 19.2 Å². The lowest BCUT2D eigenvalue weighted by Crippen LogP contribution is -2.18. The Morgan fingerprint density at radius 3 is 0.922 bits per heavy atom. The largest absolute Gasteiger partial charge is 0.481 e. The third-order valence-electron chi connectivity index (χ3n) is 11.8. The minimum atomic E-state index is -0.741. The molecule has 0 saturated carbocycles. The molecule has 0 aromatic heterocycles. The van der Waals surface area contributed by atoms with Gasteiger partial charge in [-0.05, 0) is 108 Å². The van der Waals surface area contributed by atoms with Crippen molar-refractivity contribution in [3.63, 3.8) is 0 Å². The second-order valence-corrected chi connectivity index (χ2v) is 20.2. The van der Waals surface area contributed by atoms with Gasteiger partial charge in [-0.15, -0.1) is 0 Å². The Balaban J connectivity index is 0.000000296. The summed E-state index contributed by atoms with van der Waals surface area (Å²) in [5.74, 6) is -3.49. The quantitative estimate of drug-likeness (QED) is 0.0235. The predicted octanol–water partition coefficient (Wildman–Crippen LogP) is 14.3. The van der Waals surface area contributed by atoms with Crippen molar-refractivity contribution in [2.45, 2.75) is 93.7 Å². The molecule has 8 aromatic carbocycles. The highest BCUT2D eigenvalue weighted by Crippen LogP contribution is 2.17. The summed E-state index contributed by atoms with van der Waals surface area (Å²) in [6.07, 6.45) is 2.27. The molecule has 0 heterocycles. The molecule has 0 atom stereocenters. The van der Waals surface area contributed by atoms with Crippen molar-refractivity contribution in [2.75, 3.05) is 22.1 Å². The minimum Gasteiger partial charge on any atom is -0.481 e. The van der Waals surface area contributed by atoms with Crippen molar-refractivity contribution in [3.05, 3.63) is 263 Å². The molecule has 18 nitrogen and oxygen atoms in total. The third-order valence-corrected chi connectivity index (χ3v) is 11.8. The first-order chi connectivity index (χ1) is 43.2. The number of esters is 4. The highest BCUT2D eigenvalue weighted by Gasteiger charge is 2.13. The number of anilines is 4. The molecule has 0 unspecified atom stereocenters. The van der Waals surface area contributed by atoms with Gasteiger partial charge in [0.15, 0.2) is 0 Å². The molecule has 90 heavy (non-hydrogen) atoms. The Labute approximate surface area is 526 Å². The van der Waals surface area contributed by atoms with Crippen LogP contribution in [0, 0.1) is 11.8 Å². The van der Waals surface area contributed by atoms with Crippen LogP contribution in [0.2, 0.25) is 0 Å². The molecule has 18 heteroatoms. The van der Waals surface area contributed by atoms with Crippen molar-refractivity contribution in [1.29, 1.82) is 0 Å². The molecule has 0 aliphatic carbocycles. The first-order valence-electron chi connectivity index (χ1n) is 29.0. The molecular weight excluding hydrogens is 1140 g/mol. The van der Waals surface area contributed by atoms with E-state index in [0.29, 0.717) is 57.8 Å². The summed E-state index contributed by atoms with van der Waals surface area (Å²) >= 11 is 0. The van der Waals surface area contributed by atoms with Crippen LogP contribution >= 0.6 is 0 Å². The Morgan fingerprint density at radius 2 is 0.667 bits per heavy atom. The zero-order valence-corrected chi connectivity index (χ0v) is 51.5. The highest BCUT2D eigenvalue weighted by atomic mass is 16.5. The molecule has 0 fully saturated rings. The van der Waals surface area contributed by atoms with Gasteiger partial charge in [-0.1, -0.05) is 187 Å². The molecule has 2 amide bonds. The van der Waals surface area contributed by atoms with Gasteiger partial charge >= 0.3 is 35.8 Å². The van der Waals surface area contributed by atoms with E-state index >= 15 is 0 Å². The highest BCUT2D eigenvalue weighted by molar-refractivity contribution is 5.96. The topological polar surface area (TPSA) is 290 Å². The summed E-state index contributed by atoms with van der Waals surface area (Å²) in [6.45, 7) is 11.7. The van der Waals surface area contributed by atoms with Crippen LogP contribution < -0.4 is 22.1 Å². The maximum Gasteiger partial charge on any atom is 0.338 e. The van der Waals surface area contributed by atoms with Gasteiger partial charge in [0.25, 0.3) is 0 Å². The van der Waals surface area contributed by atoms with E-state index in [4.69, 9.17) is 40.6 Å². The van der Waals surface area contributed by atoms with Crippen LogP contribution in [0.25, 0.3) is 0 Å². The number of aliphatic carboxylic acids is 2. The van der Waals surface area contributed by atoms with E-state index in [1.165, 1.54) is 0 Å². The van der Waals surface area contributed by atoms with Gasteiger partial charge in [-0.2, -0.15) is 0 Å². The summed E-state index contributed by atoms with van der Waals surface area (Å²) in [6, 6.07) is 65.1. The molecule has 0 saturated heterocycles. The van der Waals surface area contributed by atoms with E-state index in [2.05, 4.69) is 10.6 Å². The summed E-state index contributed by atoms with van der Waals surface area (Å²) in [5, 5.41) is 21.4. The molecule has 0 radical (unpaired) electrons. The first-order valence-corrected chi connectivity index (χ1v) is 29.0. The predicted molar refractivity (Wildman–Crippen MR) is 349 cm³/mol. The minimum absolute atomic E-state index is 0.0581. The van der Waals surface area contributed by atoms with Gasteiger partial charge in [0.2, 0.25) is 11.8 Å². The number of carboxylic acids is 2. The fraction of sp³-hybridized carbons (Fsp3) is 0.222. The van der Waals surface area contributed by atoms with Crippen molar-refractivity contribution in [3.8, 4) is 0 Å². The summed E-state index contributed by atoms with van der Waals surface area (Å²) in [4.78, 5) is 90.0. The van der Waals surface area contributed by atoms with E-state index in [1.54, 1.807) is 111 Å². The van der Waals surface area contributed by atoms with Crippen LogP contribution in [0.1, 0.15) is 131 Å². The van der Waals surface area contributed by atoms with Crippen molar-refractivity contribution >= 4 is 70.4 Å². The molecule has 472 valence electrons. The third kappa shape index (κ3) is 31.5. The number of amides is 2. The molecular formula is C72H80N4O14. The lowest BCUT2D eigenvalue weighted by molar-refractivity contribution is -0.140. The molecule has 0 spiro atoms. The standard InChI is InChI=1S/2C18H19NO3.2C14H13NO2.2C4H8O2/c1-13(2)17(20)19-16-10-6-9-15(11-16)18(21)22-12-14-7-4-3-5-8-14;1-2-7-17(20)19-16-11-6-10-15(12-16)18(21)22-13-14-8-4-3-5-9-14;2*15-13-8-4-7-12(9-13)14(16)17-10-11-5-2-1-3-6-11;1-3(2)4(5)6;1-2-3-4(5)6/h3-11,13H,12H2,1-2H3,(H,19,20);3-6,8-12H,2,7,13H2,1H3,(H,19,20);2*1-9H,10,15H2;3H,1-2H3,(H,5,6);2-3H2,1H3,(H,5,6). The van der Waals surface area contributed by atoms with E-state index in [-0.39, 0.29) is 62.0 Å². The van der Waals surface area contributed by atoms with Gasteiger partial charge in [0.1, 0.15) is 26.4 Å². The number of nitrogens with two attached hydrogens (primary N) is 2.